The molecule has 0 unspecified atom stereocenters. The lowest BCUT2D eigenvalue weighted by atomic mass is 10.3. The standard InChI is InChI=1S/C10H5Cl2N3/c11-6-4-7-8(15-9(6)12)5-2-1-3-13-10(5)14-7/h1-4H,(H,13,14). The van der Waals surface area contributed by atoms with Crippen LogP contribution in [0.2, 0.25) is 10.2 Å². The molecule has 3 nitrogen and oxygen atoms in total. The zero-order valence-corrected chi connectivity index (χ0v) is 8.97. The van der Waals surface area contributed by atoms with E-state index >= 15 is 0 Å². The van der Waals surface area contributed by atoms with E-state index < -0.39 is 0 Å². The Balaban J connectivity index is 2.56. The Morgan fingerprint density at radius 2 is 2.13 bits per heavy atom. The number of H-pyrrole nitrogens is 1. The number of nitrogens with one attached hydrogen (secondary N) is 1. The summed E-state index contributed by atoms with van der Waals surface area (Å²) < 4.78 is 0. The molecule has 74 valence electrons. The number of pyridine rings is 2. The molecular weight excluding hydrogens is 233 g/mol. The van der Waals surface area contributed by atoms with Crippen molar-refractivity contribution < 1.29 is 0 Å². The highest BCUT2D eigenvalue weighted by atomic mass is 35.5. The molecule has 0 saturated carbocycles. The van der Waals surface area contributed by atoms with E-state index in [2.05, 4.69) is 15.0 Å². The fourth-order valence-electron chi connectivity index (χ4n) is 1.59. The SMILES string of the molecule is Clc1cc2[nH]c3ncccc3c2nc1Cl. The van der Waals surface area contributed by atoms with Gasteiger partial charge in [-0.3, -0.25) is 0 Å². The second-order valence-electron chi connectivity index (χ2n) is 3.18. The minimum atomic E-state index is 0.314. The highest BCUT2D eigenvalue weighted by Gasteiger charge is 2.08. The van der Waals surface area contributed by atoms with Crippen molar-refractivity contribution >= 4 is 45.3 Å². The van der Waals surface area contributed by atoms with Gasteiger partial charge in [-0.25, -0.2) is 9.97 Å². The Labute approximate surface area is 95.0 Å². The van der Waals surface area contributed by atoms with Crippen LogP contribution in [0.5, 0.6) is 0 Å². The van der Waals surface area contributed by atoms with Crippen LogP contribution in [0, 0.1) is 0 Å². The predicted octanol–water partition coefficient (Wildman–Crippen LogP) is 3.42. The first-order valence-corrected chi connectivity index (χ1v) is 5.10. The van der Waals surface area contributed by atoms with E-state index in [1.807, 2.05) is 12.1 Å². The minimum absolute atomic E-state index is 0.314. The van der Waals surface area contributed by atoms with Gasteiger partial charge in [0.2, 0.25) is 0 Å². The second-order valence-corrected chi connectivity index (χ2v) is 3.95. The summed E-state index contributed by atoms with van der Waals surface area (Å²) in [6.45, 7) is 0. The molecule has 0 spiro atoms. The van der Waals surface area contributed by atoms with Crippen molar-refractivity contribution in [3.05, 3.63) is 34.6 Å². The molecule has 3 aromatic heterocycles. The number of aromatic amines is 1. The molecule has 0 aromatic carbocycles. The molecule has 0 aliphatic rings. The van der Waals surface area contributed by atoms with Gasteiger partial charge in [-0.15, -0.1) is 0 Å². The van der Waals surface area contributed by atoms with Crippen LogP contribution in [0.15, 0.2) is 24.4 Å². The summed E-state index contributed by atoms with van der Waals surface area (Å²) in [6, 6.07) is 5.56. The molecule has 0 aliphatic heterocycles. The quantitative estimate of drug-likeness (QED) is 0.609. The van der Waals surface area contributed by atoms with Crippen LogP contribution < -0.4 is 0 Å². The van der Waals surface area contributed by atoms with Crippen molar-refractivity contribution in [3.63, 3.8) is 0 Å². The summed E-state index contributed by atoms with van der Waals surface area (Å²) in [5.41, 5.74) is 2.43. The van der Waals surface area contributed by atoms with Crippen molar-refractivity contribution in [3.8, 4) is 0 Å². The lowest BCUT2D eigenvalue weighted by Gasteiger charge is -1.94. The monoisotopic (exact) mass is 237 g/mol. The number of rotatable bonds is 0. The van der Waals surface area contributed by atoms with Crippen LogP contribution >= 0.6 is 23.2 Å². The molecule has 1 N–H and O–H groups in total. The van der Waals surface area contributed by atoms with Gasteiger partial charge in [-0.2, -0.15) is 0 Å². The number of hydrogen-bond donors (Lipinski definition) is 1. The molecule has 3 heterocycles. The maximum Gasteiger partial charge on any atom is 0.148 e. The molecule has 0 fully saturated rings. The Kier molecular flexibility index (Phi) is 1.84. The van der Waals surface area contributed by atoms with Crippen molar-refractivity contribution in [2.75, 3.05) is 0 Å². The van der Waals surface area contributed by atoms with Crippen LogP contribution in [0.4, 0.5) is 0 Å². The average Bonchev–Trinajstić information content (AvgIpc) is 2.57. The lowest BCUT2D eigenvalue weighted by molar-refractivity contribution is 1.35. The van der Waals surface area contributed by atoms with Crippen LogP contribution in [-0.4, -0.2) is 15.0 Å². The maximum absolute atomic E-state index is 5.88. The fraction of sp³-hybridized carbons (Fsp3) is 0. The number of hydrogen-bond acceptors (Lipinski definition) is 2. The predicted molar refractivity (Wildman–Crippen MR) is 61.4 cm³/mol. The van der Waals surface area contributed by atoms with E-state index in [1.54, 1.807) is 12.3 Å². The third-order valence-corrected chi connectivity index (χ3v) is 2.92. The first-order valence-electron chi connectivity index (χ1n) is 4.34. The van der Waals surface area contributed by atoms with E-state index in [0.717, 1.165) is 22.1 Å². The summed E-state index contributed by atoms with van der Waals surface area (Å²) in [6.07, 6.45) is 1.72. The molecule has 0 amide bonds. The smallest absolute Gasteiger partial charge is 0.148 e. The Hall–Kier alpha value is -1.32. The van der Waals surface area contributed by atoms with Gasteiger partial charge in [0.15, 0.2) is 0 Å². The number of nitrogens with zero attached hydrogens (tertiary/aromatic N) is 2. The molecular formula is C10H5Cl2N3. The largest absolute Gasteiger partial charge is 0.338 e. The van der Waals surface area contributed by atoms with E-state index in [9.17, 15) is 0 Å². The summed E-state index contributed by atoms with van der Waals surface area (Å²) in [5.74, 6) is 0. The number of halogens is 2. The third-order valence-electron chi connectivity index (χ3n) is 2.25. The molecule has 5 heteroatoms. The Morgan fingerprint density at radius 3 is 3.00 bits per heavy atom. The molecule has 3 aromatic rings. The molecule has 0 aliphatic carbocycles. The molecule has 0 bridgehead atoms. The fourth-order valence-corrected chi connectivity index (χ4v) is 1.88. The van der Waals surface area contributed by atoms with Crippen LogP contribution in [0.1, 0.15) is 0 Å². The molecule has 0 atom stereocenters. The molecule has 15 heavy (non-hydrogen) atoms. The average molecular weight is 238 g/mol. The zero-order valence-electron chi connectivity index (χ0n) is 7.46. The topological polar surface area (TPSA) is 41.6 Å². The van der Waals surface area contributed by atoms with E-state index in [1.165, 1.54) is 0 Å². The molecule has 0 radical (unpaired) electrons. The van der Waals surface area contributed by atoms with E-state index in [-0.39, 0.29) is 0 Å². The highest BCUT2D eigenvalue weighted by Crippen LogP contribution is 2.28. The van der Waals surface area contributed by atoms with Crippen molar-refractivity contribution in [1.82, 2.24) is 15.0 Å². The second kappa shape index (κ2) is 3.08. The number of aromatic nitrogens is 3. The van der Waals surface area contributed by atoms with Crippen LogP contribution in [0.25, 0.3) is 22.1 Å². The van der Waals surface area contributed by atoms with Gasteiger partial charge in [-0.1, -0.05) is 23.2 Å². The normalized spacial score (nSPS) is 11.3. The summed E-state index contributed by atoms with van der Waals surface area (Å²) in [4.78, 5) is 11.6. The summed E-state index contributed by atoms with van der Waals surface area (Å²) >= 11 is 11.7. The highest BCUT2D eigenvalue weighted by molar-refractivity contribution is 6.41. The van der Waals surface area contributed by atoms with Gasteiger partial charge in [0.05, 0.1) is 16.1 Å². The van der Waals surface area contributed by atoms with Crippen LogP contribution in [-0.2, 0) is 0 Å². The van der Waals surface area contributed by atoms with Gasteiger partial charge in [0, 0.05) is 11.6 Å². The Morgan fingerprint density at radius 1 is 1.27 bits per heavy atom. The first kappa shape index (κ1) is 8.95. The van der Waals surface area contributed by atoms with Crippen LogP contribution in [0.3, 0.4) is 0 Å². The Bertz CT molecular complexity index is 660. The number of fused-ring (bicyclic) bond motifs is 3. The van der Waals surface area contributed by atoms with Gasteiger partial charge < -0.3 is 4.98 Å². The van der Waals surface area contributed by atoms with Gasteiger partial charge in [-0.05, 0) is 18.2 Å². The van der Waals surface area contributed by atoms with Crippen molar-refractivity contribution in [2.24, 2.45) is 0 Å². The van der Waals surface area contributed by atoms with E-state index in [0.29, 0.717) is 10.2 Å². The van der Waals surface area contributed by atoms with E-state index in [4.69, 9.17) is 23.2 Å². The summed E-state index contributed by atoms with van der Waals surface area (Å²) in [5, 5.41) is 1.70. The molecule has 3 rings (SSSR count). The lowest BCUT2D eigenvalue weighted by Crippen LogP contribution is -1.78. The maximum atomic E-state index is 5.88. The van der Waals surface area contributed by atoms with Gasteiger partial charge in [0.25, 0.3) is 0 Å². The molecule has 0 saturated heterocycles. The van der Waals surface area contributed by atoms with Crippen molar-refractivity contribution in [1.29, 1.82) is 0 Å². The van der Waals surface area contributed by atoms with Gasteiger partial charge >= 0.3 is 0 Å². The first-order chi connectivity index (χ1) is 7.25. The van der Waals surface area contributed by atoms with Gasteiger partial charge in [0.1, 0.15) is 10.8 Å². The minimum Gasteiger partial charge on any atom is -0.338 e. The third kappa shape index (κ3) is 1.28. The van der Waals surface area contributed by atoms with Crippen molar-refractivity contribution in [2.45, 2.75) is 0 Å². The summed E-state index contributed by atoms with van der Waals surface area (Å²) in [7, 11) is 0. The zero-order chi connectivity index (χ0) is 10.4.